The van der Waals surface area contributed by atoms with Crippen LogP contribution in [-0.4, -0.2) is 64.5 Å². The van der Waals surface area contributed by atoms with Crippen LogP contribution in [0.25, 0.3) is 10.6 Å². The lowest BCUT2D eigenvalue weighted by molar-refractivity contribution is -0.134. The molecule has 1 N–H and O–H groups in total. The first kappa shape index (κ1) is 23.1. The van der Waals surface area contributed by atoms with Gasteiger partial charge >= 0.3 is 0 Å². The number of anilines is 1. The Labute approximate surface area is 198 Å². The van der Waals surface area contributed by atoms with Gasteiger partial charge in [0.2, 0.25) is 16.9 Å². The molecule has 1 aliphatic heterocycles. The van der Waals surface area contributed by atoms with E-state index in [9.17, 15) is 9.59 Å². The van der Waals surface area contributed by atoms with Crippen molar-refractivity contribution in [3.8, 4) is 10.6 Å². The third-order valence-electron chi connectivity index (χ3n) is 6.01. The summed E-state index contributed by atoms with van der Waals surface area (Å²) in [5, 5.41) is 12.5. The van der Waals surface area contributed by atoms with Crippen LogP contribution in [0, 0.1) is 6.92 Å². The van der Waals surface area contributed by atoms with E-state index in [1.165, 1.54) is 11.3 Å². The zero-order valence-electron chi connectivity index (χ0n) is 19.0. The number of aryl methyl sites for hydroxylation is 1. The molecule has 8 heteroatoms. The first-order valence-corrected chi connectivity index (χ1v) is 12.1. The SMILES string of the molecule is CC[C@H](C(=O)N1CCN(CC(=O)Nc2nnc(-c3ccccc3C)s2)CC1)c1ccccc1. The van der Waals surface area contributed by atoms with Crippen LogP contribution in [-0.2, 0) is 9.59 Å². The van der Waals surface area contributed by atoms with E-state index in [-0.39, 0.29) is 24.3 Å². The predicted octanol–water partition coefficient (Wildman–Crippen LogP) is 3.79. The molecule has 1 aromatic heterocycles. The third kappa shape index (κ3) is 5.64. The molecular formula is C25H29N5O2S. The van der Waals surface area contributed by atoms with E-state index in [0.29, 0.717) is 31.3 Å². The molecule has 4 rings (SSSR count). The summed E-state index contributed by atoms with van der Waals surface area (Å²) in [4.78, 5) is 29.6. The number of piperazine rings is 1. The average Bonchev–Trinajstić information content (AvgIpc) is 3.29. The first-order chi connectivity index (χ1) is 16.0. The first-order valence-electron chi connectivity index (χ1n) is 11.3. The van der Waals surface area contributed by atoms with E-state index >= 15 is 0 Å². The van der Waals surface area contributed by atoms with Gasteiger partial charge in [-0.3, -0.25) is 19.8 Å². The number of nitrogens with zero attached hydrogens (tertiary/aromatic N) is 4. The summed E-state index contributed by atoms with van der Waals surface area (Å²) in [5.41, 5.74) is 3.21. The van der Waals surface area contributed by atoms with Gasteiger partial charge in [-0.1, -0.05) is 72.9 Å². The minimum Gasteiger partial charge on any atom is -0.340 e. The molecule has 2 heterocycles. The highest BCUT2D eigenvalue weighted by atomic mass is 32.1. The predicted molar refractivity (Wildman–Crippen MR) is 131 cm³/mol. The molecule has 0 spiro atoms. The molecule has 2 aromatic carbocycles. The van der Waals surface area contributed by atoms with Gasteiger partial charge in [-0.05, 0) is 24.5 Å². The maximum atomic E-state index is 13.1. The summed E-state index contributed by atoms with van der Waals surface area (Å²) in [6.45, 7) is 6.97. The summed E-state index contributed by atoms with van der Waals surface area (Å²) in [5.74, 6) is -0.0516. The second-order valence-corrected chi connectivity index (χ2v) is 9.23. The molecule has 0 unspecified atom stereocenters. The van der Waals surface area contributed by atoms with Crippen molar-refractivity contribution < 1.29 is 9.59 Å². The van der Waals surface area contributed by atoms with Crippen LogP contribution in [0.2, 0.25) is 0 Å². The van der Waals surface area contributed by atoms with E-state index < -0.39 is 0 Å². The van der Waals surface area contributed by atoms with Gasteiger partial charge in [0.25, 0.3) is 0 Å². The van der Waals surface area contributed by atoms with Gasteiger partial charge in [0.05, 0.1) is 12.5 Å². The molecule has 0 saturated carbocycles. The van der Waals surface area contributed by atoms with Gasteiger partial charge < -0.3 is 4.90 Å². The minimum atomic E-state index is -0.113. The Hall–Kier alpha value is -3.10. The number of hydrogen-bond donors (Lipinski definition) is 1. The maximum absolute atomic E-state index is 13.1. The van der Waals surface area contributed by atoms with Crippen molar-refractivity contribution in [3.63, 3.8) is 0 Å². The summed E-state index contributed by atoms with van der Waals surface area (Å²) in [7, 11) is 0. The van der Waals surface area contributed by atoms with Crippen molar-refractivity contribution in [2.45, 2.75) is 26.2 Å². The molecule has 1 atom stereocenters. The Morgan fingerprint density at radius 1 is 1.00 bits per heavy atom. The summed E-state index contributed by atoms with van der Waals surface area (Å²) < 4.78 is 0. The molecule has 0 radical (unpaired) electrons. The van der Waals surface area contributed by atoms with Crippen LogP contribution in [0.15, 0.2) is 54.6 Å². The van der Waals surface area contributed by atoms with Crippen molar-refractivity contribution >= 4 is 28.3 Å². The molecule has 172 valence electrons. The Kier molecular flexibility index (Phi) is 7.47. The lowest BCUT2D eigenvalue weighted by Gasteiger charge is -2.36. The van der Waals surface area contributed by atoms with Gasteiger partial charge in [0.1, 0.15) is 5.01 Å². The molecule has 3 aromatic rings. The number of amides is 2. The van der Waals surface area contributed by atoms with Crippen LogP contribution in [0.3, 0.4) is 0 Å². The van der Waals surface area contributed by atoms with Gasteiger partial charge in [-0.25, -0.2) is 0 Å². The lowest BCUT2D eigenvalue weighted by Crippen LogP contribution is -2.51. The highest BCUT2D eigenvalue weighted by Crippen LogP contribution is 2.28. The fourth-order valence-corrected chi connectivity index (χ4v) is 4.99. The van der Waals surface area contributed by atoms with E-state index in [1.54, 1.807) is 0 Å². The number of aromatic nitrogens is 2. The van der Waals surface area contributed by atoms with Gasteiger partial charge in [0.15, 0.2) is 0 Å². The molecule has 0 bridgehead atoms. The van der Waals surface area contributed by atoms with Crippen molar-refractivity contribution in [1.82, 2.24) is 20.0 Å². The lowest BCUT2D eigenvalue weighted by atomic mass is 9.95. The molecule has 2 amide bonds. The Morgan fingerprint density at radius 2 is 1.70 bits per heavy atom. The monoisotopic (exact) mass is 463 g/mol. The molecule has 33 heavy (non-hydrogen) atoms. The average molecular weight is 464 g/mol. The maximum Gasteiger partial charge on any atom is 0.240 e. The number of carbonyl (C=O) groups excluding carboxylic acids is 2. The largest absolute Gasteiger partial charge is 0.340 e. The Balaban J connectivity index is 1.27. The van der Waals surface area contributed by atoms with Crippen LogP contribution in [0.1, 0.15) is 30.4 Å². The number of rotatable bonds is 7. The summed E-state index contributed by atoms with van der Waals surface area (Å²) in [6, 6.07) is 17.9. The van der Waals surface area contributed by atoms with Gasteiger partial charge in [-0.15, -0.1) is 10.2 Å². The number of nitrogens with one attached hydrogen (secondary N) is 1. The number of benzene rings is 2. The van der Waals surface area contributed by atoms with Crippen LogP contribution in [0.5, 0.6) is 0 Å². The zero-order chi connectivity index (χ0) is 23.2. The molecule has 1 saturated heterocycles. The van der Waals surface area contributed by atoms with Gasteiger partial charge in [0, 0.05) is 31.7 Å². The summed E-state index contributed by atoms with van der Waals surface area (Å²) in [6.07, 6.45) is 0.776. The van der Waals surface area contributed by atoms with Crippen LogP contribution >= 0.6 is 11.3 Å². The fourth-order valence-electron chi connectivity index (χ4n) is 4.14. The third-order valence-corrected chi connectivity index (χ3v) is 6.88. The zero-order valence-corrected chi connectivity index (χ0v) is 19.8. The molecule has 0 aliphatic carbocycles. The highest BCUT2D eigenvalue weighted by Gasteiger charge is 2.28. The van der Waals surface area contributed by atoms with Gasteiger partial charge in [-0.2, -0.15) is 0 Å². The smallest absolute Gasteiger partial charge is 0.240 e. The van der Waals surface area contributed by atoms with Crippen molar-refractivity contribution in [2.24, 2.45) is 0 Å². The number of hydrogen-bond acceptors (Lipinski definition) is 6. The molecule has 7 nitrogen and oxygen atoms in total. The molecular weight excluding hydrogens is 434 g/mol. The molecule has 1 fully saturated rings. The Bertz CT molecular complexity index is 1090. The van der Waals surface area contributed by atoms with Crippen molar-refractivity contribution in [1.29, 1.82) is 0 Å². The van der Waals surface area contributed by atoms with E-state index in [2.05, 4.69) is 20.4 Å². The normalized spacial score (nSPS) is 15.3. The standard InChI is InChI=1S/C25H29N5O2S/c1-3-20(19-10-5-4-6-11-19)24(32)30-15-13-29(14-16-30)17-22(31)26-25-28-27-23(33-25)21-12-8-7-9-18(21)2/h4-12,20H,3,13-17H2,1-2H3,(H,26,28,31)/t20-/m0/s1. The van der Waals surface area contributed by atoms with E-state index in [1.807, 2.05) is 73.3 Å². The van der Waals surface area contributed by atoms with E-state index in [4.69, 9.17) is 0 Å². The van der Waals surface area contributed by atoms with Crippen LogP contribution in [0.4, 0.5) is 5.13 Å². The Morgan fingerprint density at radius 3 is 2.39 bits per heavy atom. The molecule has 1 aliphatic rings. The minimum absolute atomic E-state index is 0.110. The highest BCUT2D eigenvalue weighted by molar-refractivity contribution is 7.18. The van der Waals surface area contributed by atoms with E-state index in [0.717, 1.165) is 28.1 Å². The second-order valence-electron chi connectivity index (χ2n) is 8.25. The second kappa shape index (κ2) is 10.7. The van der Waals surface area contributed by atoms with Crippen LogP contribution < -0.4 is 5.32 Å². The summed E-state index contributed by atoms with van der Waals surface area (Å²) >= 11 is 1.37. The topological polar surface area (TPSA) is 78.4 Å². The fraction of sp³-hybridized carbons (Fsp3) is 0.360. The van der Waals surface area contributed by atoms with Crippen molar-refractivity contribution in [3.05, 3.63) is 65.7 Å². The van der Waals surface area contributed by atoms with Crippen molar-refractivity contribution in [2.75, 3.05) is 38.0 Å². The quantitative estimate of drug-likeness (QED) is 0.577. The number of carbonyl (C=O) groups is 2.